The van der Waals surface area contributed by atoms with Crippen molar-refractivity contribution in [1.29, 1.82) is 0 Å². The van der Waals surface area contributed by atoms with E-state index in [0.717, 1.165) is 6.20 Å². The molecular weight excluding hydrogens is 469 g/mol. The first kappa shape index (κ1) is 24.2. The molecule has 0 amide bonds. The highest BCUT2D eigenvalue weighted by atomic mass is 31.3. The molecule has 20 heteroatoms. The minimum Gasteiger partial charge on any atom is -0.387 e. The van der Waals surface area contributed by atoms with Gasteiger partial charge in [0, 0.05) is 6.20 Å². The lowest BCUT2D eigenvalue weighted by Gasteiger charge is -2.19. The molecule has 6 unspecified atom stereocenters. The number of aromatic amines is 2. The van der Waals surface area contributed by atoms with E-state index in [1.807, 2.05) is 4.98 Å². The smallest absolute Gasteiger partial charge is 0.387 e. The predicted molar refractivity (Wildman–Crippen MR) is 87.1 cm³/mol. The van der Waals surface area contributed by atoms with Crippen molar-refractivity contribution in [2.24, 2.45) is 0 Å². The molecule has 0 aliphatic carbocycles. The molecule has 0 saturated carbocycles. The number of nitrogens with one attached hydrogen (secondary N) is 2. The molecule has 2 heterocycles. The van der Waals surface area contributed by atoms with E-state index in [0.29, 0.717) is 0 Å². The SMILES string of the molecule is O=c1[nH]cc(C2OC(COP(=O)(O)OP(=O)(O)OP(=O)(O)O)C(O)C2O)c(=O)[nH]1. The highest BCUT2D eigenvalue weighted by Crippen LogP contribution is 2.66. The Hall–Kier alpha value is -1.03. The number of phosphoric ester groups is 1. The predicted octanol–water partition coefficient (Wildman–Crippen LogP) is -2.43. The molecule has 2 rings (SSSR count). The van der Waals surface area contributed by atoms with E-state index in [-0.39, 0.29) is 5.56 Å². The molecule has 0 spiro atoms. The Labute approximate surface area is 159 Å². The third-order valence-corrected chi connectivity index (χ3v) is 7.14. The van der Waals surface area contributed by atoms with Crippen LogP contribution in [0.2, 0.25) is 0 Å². The van der Waals surface area contributed by atoms with Crippen molar-refractivity contribution in [2.75, 3.05) is 6.61 Å². The van der Waals surface area contributed by atoms with Gasteiger partial charge >= 0.3 is 29.2 Å². The maximum Gasteiger partial charge on any atom is 0.490 e. The molecule has 1 saturated heterocycles. The summed E-state index contributed by atoms with van der Waals surface area (Å²) in [6.07, 6.45) is -5.66. The van der Waals surface area contributed by atoms with Gasteiger partial charge in [-0.15, -0.1) is 0 Å². The molecule has 8 N–H and O–H groups in total. The Morgan fingerprint density at radius 1 is 1.00 bits per heavy atom. The van der Waals surface area contributed by atoms with E-state index in [1.54, 1.807) is 0 Å². The molecule has 29 heavy (non-hydrogen) atoms. The zero-order valence-corrected chi connectivity index (χ0v) is 16.5. The number of aromatic nitrogens is 2. The fourth-order valence-corrected chi connectivity index (χ4v) is 5.28. The molecule has 1 aliphatic heterocycles. The van der Waals surface area contributed by atoms with Crippen molar-refractivity contribution < 1.29 is 61.4 Å². The quantitative estimate of drug-likeness (QED) is 0.178. The van der Waals surface area contributed by atoms with Gasteiger partial charge in [-0.3, -0.25) is 14.3 Å². The van der Waals surface area contributed by atoms with Crippen LogP contribution in [0, 0.1) is 0 Å². The van der Waals surface area contributed by atoms with Gasteiger partial charge in [-0.1, -0.05) is 0 Å². The van der Waals surface area contributed by atoms with Crippen LogP contribution >= 0.6 is 23.5 Å². The highest BCUT2D eigenvalue weighted by Gasteiger charge is 2.47. The average molecular weight is 484 g/mol. The van der Waals surface area contributed by atoms with Crippen LogP contribution < -0.4 is 11.2 Å². The van der Waals surface area contributed by atoms with E-state index in [2.05, 4.69) is 18.1 Å². The van der Waals surface area contributed by atoms with Crippen LogP contribution in [0.4, 0.5) is 0 Å². The van der Waals surface area contributed by atoms with Crippen molar-refractivity contribution >= 4 is 23.5 Å². The summed E-state index contributed by atoms with van der Waals surface area (Å²) in [6.45, 7) is -1.04. The topological polar surface area (TPSA) is 275 Å². The summed E-state index contributed by atoms with van der Waals surface area (Å²) in [4.78, 5) is 62.0. The van der Waals surface area contributed by atoms with Crippen LogP contribution in [-0.2, 0) is 31.6 Å². The first-order valence-electron chi connectivity index (χ1n) is 7.22. The zero-order valence-electron chi connectivity index (χ0n) is 13.8. The van der Waals surface area contributed by atoms with Crippen LogP contribution in [-0.4, -0.2) is 64.7 Å². The lowest BCUT2D eigenvalue weighted by molar-refractivity contribution is -0.0227. The molecule has 0 bridgehead atoms. The normalized spacial score (nSPS) is 29.3. The second-order valence-electron chi connectivity index (χ2n) is 5.49. The molecule has 17 nitrogen and oxygen atoms in total. The van der Waals surface area contributed by atoms with Crippen LogP contribution in [0.25, 0.3) is 0 Å². The fourth-order valence-electron chi connectivity index (χ4n) is 2.25. The number of aliphatic hydroxyl groups is 2. The summed E-state index contributed by atoms with van der Waals surface area (Å²) in [5, 5.41) is 19.9. The van der Waals surface area contributed by atoms with Crippen molar-refractivity contribution in [3.05, 3.63) is 32.6 Å². The molecular formula is C9H15N2O15P3. The van der Waals surface area contributed by atoms with Crippen molar-refractivity contribution in [3.63, 3.8) is 0 Å². The lowest BCUT2D eigenvalue weighted by Crippen LogP contribution is -2.34. The Bertz CT molecular complexity index is 997. The fraction of sp³-hybridized carbons (Fsp3) is 0.556. The van der Waals surface area contributed by atoms with Gasteiger partial charge < -0.3 is 39.5 Å². The Morgan fingerprint density at radius 2 is 1.62 bits per heavy atom. The third kappa shape index (κ3) is 6.73. The molecule has 1 aromatic heterocycles. The summed E-state index contributed by atoms with van der Waals surface area (Å²) < 4.78 is 49.9. The number of ether oxygens (including phenoxy) is 1. The molecule has 0 radical (unpaired) electrons. The molecule has 0 aromatic carbocycles. The van der Waals surface area contributed by atoms with Crippen LogP contribution in [0.15, 0.2) is 15.8 Å². The van der Waals surface area contributed by atoms with E-state index >= 15 is 0 Å². The Morgan fingerprint density at radius 3 is 2.17 bits per heavy atom. The monoisotopic (exact) mass is 484 g/mol. The van der Waals surface area contributed by atoms with Gasteiger partial charge in [-0.2, -0.15) is 8.62 Å². The van der Waals surface area contributed by atoms with Crippen molar-refractivity contribution in [3.8, 4) is 0 Å². The highest BCUT2D eigenvalue weighted by molar-refractivity contribution is 7.66. The standard InChI is InChI=1S/C9H15N2O15P3/c12-5-4(2-23-28(19,20)26-29(21,22)25-27(16,17)18)24-7(6(5)13)3-1-10-9(15)11-8(3)14/h1,4-7,12-13H,2H2,(H,19,20)(H,21,22)(H2,16,17,18)(H2,10,11,14,15). The molecule has 1 fully saturated rings. The number of H-pyrrole nitrogens is 2. The van der Waals surface area contributed by atoms with Gasteiger partial charge in [0.05, 0.1) is 12.2 Å². The van der Waals surface area contributed by atoms with E-state index in [4.69, 9.17) is 19.4 Å². The lowest BCUT2D eigenvalue weighted by atomic mass is 10.0. The number of phosphoric acid groups is 3. The van der Waals surface area contributed by atoms with Crippen LogP contribution in [0.3, 0.4) is 0 Å². The molecule has 1 aliphatic rings. The van der Waals surface area contributed by atoms with E-state index < -0.39 is 65.7 Å². The average Bonchev–Trinajstić information content (AvgIpc) is 2.78. The largest absolute Gasteiger partial charge is 0.490 e. The summed E-state index contributed by atoms with van der Waals surface area (Å²) in [6, 6.07) is 0. The van der Waals surface area contributed by atoms with E-state index in [1.165, 1.54) is 0 Å². The Kier molecular flexibility index (Phi) is 7.20. The number of hydrogen-bond donors (Lipinski definition) is 8. The van der Waals surface area contributed by atoms with Crippen molar-refractivity contribution in [2.45, 2.75) is 24.4 Å². The zero-order chi connectivity index (χ0) is 22.2. The minimum atomic E-state index is -5.73. The summed E-state index contributed by atoms with van der Waals surface area (Å²) in [7, 11) is -16.8. The second kappa shape index (κ2) is 8.61. The third-order valence-electron chi connectivity index (χ3n) is 3.33. The van der Waals surface area contributed by atoms with Crippen LogP contribution in [0.1, 0.15) is 11.7 Å². The number of aliphatic hydroxyl groups excluding tert-OH is 2. The van der Waals surface area contributed by atoms with Gasteiger partial charge in [0.1, 0.15) is 24.4 Å². The van der Waals surface area contributed by atoms with Gasteiger partial charge in [-0.05, 0) is 0 Å². The molecule has 166 valence electrons. The second-order valence-corrected chi connectivity index (χ2v) is 9.91. The Balaban J connectivity index is 2.06. The van der Waals surface area contributed by atoms with Gasteiger partial charge in [-0.25, -0.2) is 18.5 Å². The molecule has 1 aromatic rings. The summed E-state index contributed by atoms with van der Waals surface area (Å²) in [5.74, 6) is 0. The first-order valence-corrected chi connectivity index (χ1v) is 11.7. The minimum absolute atomic E-state index is 0.294. The van der Waals surface area contributed by atoms with E-state index in [9.17, 15) is 38.4 Å². The number of hydrogen-bond acceptors (Lipinski definition) is 11. The number of rotatable bonds is 8. The van der Waals surface area contributed by atoms with Crippen molar-refractivity contribution in [1.82, 2.24) is 9.97 Å². The van der Waals surface area contributed by atoms with Crippen LogP contribution in [0.5, 0.6) is 0 Å². The van der Waals surface area contributed by atoms with Gasteiger partial charge in [0.2, 0.25) is 0 Å². The maximum atomic E-state index is 11.8. The first-order chi connectivity index (χ1) is 13.1. The summed E-state index contributed by atoms with van der Waals surface area (Å²) >= 11 is 0. The summed E-state index contributed by atoms with van der Waals surface area (Å²) in [5.41, 5.74) is -2.09. The van der Waals surface area contributed by atoms with Gasteiger partial charge in [0.25, 0.3) is 5.56 Å². The molecule has 6 atom stereocenters. The van der Waals surface area contributed by atoms with Gasteiger partial charge in [0.15, 0.2) is 0 Å². The maximum absolute atomic E-state index is 11.8.